The molecule has 0 aliphatic heterocycles. The average molecular weight is 301 g/mol. The van der Waals surface area contributed by atoms with Crippen molar-refractivity contribution in [2.45, 2.75) is 6.42 Å². The first kappa shape index (κ1) is 15.0. The Balaban J connectivity index is 1.80. The molecule has 3 aromatic rings. The SMILES string of the molecule is C=Cc1ccc(CCN(c2ccccn2)c2ccccn2)cc1. The lowest BCUT2D eigenvalue weighted by Gasteiger charge is -2.22. The second kappa shape index (κ2) is 7.36. The number of hydrogen-bond donors (Lipinski definition) is 0. The third-order valence-electron chi connectivity index (χ3n) is 3.69. The zero-order chi connectivity index (χ0) is 15.9. The third-order valence-corrected chi connectivity index (χ3v) is 3.69. The van der Waals surface area contributed by atoms with Gasteiger partial charge in [-0.1, -0.05) is 49.1 Å². The van der Waals surface area contributed by atoms with Crippen LogP contribution in [0.2, 0.25) is 0 Å². The fraction of sp³-hybridized carbons (Fsp3) is 0.100. The maximum Gasteiger partial charge on any atom is 0.134 e. The molecule has 0 bridgehead atoms. The summed E-state index contributed by atoms with van der Waals surface area (Å²) >= 11 is 0. The molecule has 0 aliphatic rings. The van der Waals surface area contributed by atoms with E-state index in [1.54, 1.807) is 0 Å². The minimum Gasteiger partial charge on any atom is -0.311 e. The zero-order valence-electron chi connectivity index (χ0n) is 13.0. The van der Waals surface area contributed by atoms with Gasteiger partial charge in [0.25, 0.3) is 0 Å². The molecule has 0 fully saturated rings. The van der Waals surface area contributed by atoms with Crippen LogP contribution in [0.1, 0.15) is 11.1 Å². The van der Waals surface area contributed by atoms with Crippen LogP contribution in [0.4, 0.5) is 11.6 Å². The van der Waals surface area contributed by atoms with Gasteiger partial charge in [0, 0.05) is 18.9 Å². The summed E-state index contributed by atoms with van der Waals surface area (Å²) in [6.45, 7) is 4.61. The van der Waals surface area contributed by atoms with E-state index in [4.69, 9.17) is 0 Å². The molecule has 0 unspecified atom stereocenters. The second-order valence-corrected chi connectivity index (χ2v) is 5.22. The van der Waals surface area contributed by atoms with E-state index in [9.17, 15) is 0 Å². The molecule has 0 amide bonds. The van der Waals surface area contributed by atoms with Crippen molar-refractivity contribution in [1.82, 2.24) is 9.97 Å². The highest BCUT2D eigenvalue weighted by Gasteiger charge is 2.11. The van der Waals surface area contributed by atoms with Crippen LogP contribution in [0.5, 0.6) is 0 Å². The quantitative estimate of drug-likeness (QED) is 0.671. The maximum absolute atomic E-state index is 4.47. The Bertz CT molecular complexity index is 697. The fourth-order valence-corrected chi connectivity index (χ4v) is 2.43. The average Bonchev–Trinajstić information content (AvgIpc) is 2.64. The molecule has 0 saturated heterocycles. The molecule has 0 atom stereocenters. The van der Waals surface area contributed by atoms with Crippen LogP contribution < -0.4 is 4.90 Å². The minimum absolute atomic E-state index is 0.821. The van der Waals surface area contributed by atoms with E-state index in [-0.39, 0.29) is 0 Å². The number of nitrogens with zero attached hydrogens (tertiary/aromatic N) is 3. The molecular formula is C20H19N3. The summed E-state index contributed by atoms with van der Waals surface area (Å²) in [7, 11) is 0. The van der Waals surface area contributed by atoms with Gasteiger partial charge in [-0.3, -0.25) is 0 Å². The topological polar surface area (TPSA) is 29.0 Å². The molecule has 2 aromatic heterocycles. The molecule has 0 aliphatic carbocycles. The summed E-state index contributed by atoms with van der Waals surface area (Å²) in [6, 6.07) is 20.3. The monoisotopic (exact) mass is 301 g/mol. The van der Waals surface area contributed by atoms with Crippen molar-refractivity contribution in [2.75, 3.05) is 11.4 Å². The Labute approximate surface area is 137 Å². The van der Waals surface area contributed by atoms with Gasteiger partial charge in [-0.2, -0.15) is 0 Å². The number of rotatable bonds is 6. The summed E-state index contributed by atoms with van der Waals surface area (Å²) in [5, 5.41) is 0. The molecule has 3 heteroatoms. The molecule has 1 aromatic carbocycles. The zero-order valence-corrected chi connectivity index (χ0v) is 13.0. The molecule has 23 heavy (non-hydrogen) atoms. The van der Waals surface area contributed by atoms with Crippen LogP contribution in [0.25, 0.3) is 6.08 Å². The molecule has 2 heterocycles. The van der Waals surface area contributed by atoms with Crippen molar-refractivity contribution in [3.63, 3.8) is 0 Å². The van der Waals surface area contributed by atoms with Crippen LogP contribution in [0, 0.1) is 0 Å². The van der Waals surface area contributed by atoms with Crippen molar-refractivity contribution < 1.29 is 0 Å². The van der Waals surface area contributed by atoms with Gasteiger partial charge in [-0.25, -0.2) is 9.97 Å². The first-order chi connectivity index (χ1) is 11.4. The van der Waals surface area contributed by atoms with Gasteiger partial charge in [-0.15, -0.1) is 0 Å². The summed E-state index contributed by atoms with van der Waals surface area (Å²) in [6.07, 6.45) is 6.40. The minimum atomic E-state index is 0.821. The number of pyridine rings is 2. The van der Waals surface area contributed by atoms with Gasteiger partial charge in [0.15, 0.2) is 0 Å². The van der Waals surface area contributed by atoms with Crippen molar-refractivity contribution >= 4 is 17.7 Å². The van der Waals surface area contributed by atoms with Crippen LogP contribution in [-0.4, -0.2) is 16.5 Å². The first-order valence-electron chi connectivity index (χ1n) is 7.68. The normalized spacial score (nSPS) is 10.3. The summed E-state index contributed by atoms with van der Waals surface area (Å²) < 4.78 is 0. The smallest absolute Gasteiger partial charge is 0.134 e. The molecular weight excluding hydrogens is 282 g/mol. The lowest BCUT2D eigenvalue weighted by molar-refractivity contribution is 0.881. The van der Waals surface area contributed by atoms with Gasteiger partial charge in [0.2, 0.25) is 0 Å². The number of hydrogen-bond acceptors (Lipinski definition) is 3. The molecule has 0 N–H and O–H groups in total. The Morgan fingerprint density at radius 3 is 1.91 bits per heavy atom. The Morgan fingerprint density at radius 2 is 1.43 bits per heavy atom. The number of benzene rings is 1. The van der Waals surface area contributed by atoms with Crippen LogP contribution >= 0.6 is 0 Å². The van der Waals surface area contributed by atoms with Crippen molar-refractivity contribution in [2.24, 2.45) is 0 Å². The van der Waals surface area contributed by atoms with E-state index < -0.39 is 0 Å². The van der Waals surface area contributed by atoms with Crippen molar-refractivity contribution in [3.05, 3.63) is 90.8 Å². The summed E-state index contributed by atoms with van der Waals surface area (Å²) in [4.78, 5) is 11.1. The predicted octanol–water partition coefficient (Wildman–Crippen LogP) is 4.50. The van der Waals surface area contributed by atoms with Crippen molar-refractivity contribution in [1.29, 1.82) is 0 Å². The van der Waals surface area contributed by atoms with E-state index >= 15 is 0 Å². The molecule has 3 rings (SSSR count). The fourth-order valence-electron chi connectivity index (χ4n) is 2.43. The van der Waals surface area contributed by atoms with Crippen LogP contribution in [0.15, 0.2) is 79.6 Å². The standard InChI is InChI=1S/C20H19N3/c1-2-17-9-11-18(12-10-17)13-16-23(19-7-3-5-14-21-19)20-8-4-6-15-22-20/h2-12,14-15H,1,13,16H2. The van der Waals surface area contributed by atoms with Gasteiger partial charge in [-0.05, 0) is 41.8 Å². The predicted molar refractivity (Wildman–Crippen MR) is 95.7 cm³/mol. The molecule has 3 nitrogen and oxygen atoms in total. The maximum atomic E-state index is 4.47. The van der Waals surface area contributed by atoms with Gasteiger partial charge < -0.3 is 4.90 Å². The third kappa shape index (κ3) is 3.83. The lowest BCUT2D eigenvalue weighted by atomic mass is 10.1. The highest BCUT2D eigenvalue weighted by Crippen LogP contribution is 2.21. The molecule has 0 radical (unpaired) electrons. The first-order valence-corrected chi connectivity index (χ1v) is 7.68. The number of aromatic nitrogens is 2. The largest absolute Gasteiger partial charge is 0.311 e. The Morgan fingerprint density at radius 1 is 0.826 bits per heavy atom. The highest BCUT2D eigenvalue weighted by molar-refractivity contribution is 5.55. The summed E-state index contributed by atoms with van der Waals surface area (Å²) in [5.41, 5.74) is 2.42. The van der Waals surface area contributed by atoms with E-state index in [0.717, 1.165) is 30.2 Å². The molecule has 0 saturated carbocycles. The molecule has 114 valence electrons. The number of anilines is 2. The second-order valence-electron chi connectivity index (χ2n) is 5.22. The lowest BCUT2D eigenvalue weighted by Crippen LogP contribution is -2.22. The van der Waals surface area contributed by atoms with Crippen LogP contribution in [-0.2, 0) is 6.42 Å². The van der Waals surface area contributed by atoms with Crippen molar-refractivity contribution in [3.8, 4) is 0 Å². The Hall–Kier alpha value is -2.94. The van der Waals surface area contributed by atoms with E-state index in [1.165, 1.54) is 5.56 Å². The summed E-state index contributed by atoms with van der Waals surface area (Å²) in [5.74, 6) is 1.82. The van der Waals surface area contributed by atoms with E-state index in [2.05, 4.69) is 45.7 Å². The highest BCUT2D eigenvalue weighted by atomic mass is 15.2. The molecule has 0 spiro atoms. The Kier molecular flexibility index (Phi) is 4.79. The van der Waals surface area contributed by atoms with Gasteiger partial charge >= 0.3 is 0 Å². The van der Waals surface area contributed by atoms with Gasteiger partial charge in [0.05, 0.1) is 0 Å². The van der Waals surface area contributed by atoms with Gasteiger partial charge in [0.1, 0.15) is 11.6 Å². The van der Waals surface area contributed by atoms with E-state index in [0.29, 0.717) is 0 Å². The van der Waals surface area contributed by atoms with E-state index in [1.807, 2.05) is 54.9 Å². The van der Waals surface area contributed by atoms with Crippen LogP contribution in [0.3, 0.4) is 0 Å².